The van der Waals surface area contributed by atoms with Gasteiger partial charge in [0.15, 0.2) is 12.2 Å². The van der Waals surface area contributed by atoms with Gasteiger partial charge in [-0.05, 0) is 37.5 Å². The van der Waals surface area contributed by atoms with E-state index in [1.165, 1.54) is 193 Å². The Morgan fingerprint density at radius 1 is 0.290 bits per heavy atom. The molecular weight excluding hydrogens is 1220 g/mol. The van der Waals surface area contributed by atoms with E-state index in [2.05, 4.69) is 41.5 Å². The first-order chi connectivity index (χ1) is 44.9. The Bertz CT molecular complexity index is 1800. The number of phosphoric ester groups is 2. The zero-order chi connectivity index (χ0) is 68.6. The molecular formula is C74H144O17P2. The van der Waals surface area contributed by atoms with Gasteiger partial charge in [-0.1, -0.05) is 330 Å². The van der Waals surface area contributed by atoms with Gasteiger partial charge in [0.05, 0.1) is 26.4 Å². The van der Waals surface area contributed by atoms with Gasteiger partial charge in [-0.25, -0.2) is 9.13 Å². The van der Waals surface area contributed by atoms with E-state index in [9.17, 15) is 43.2 Å². The van der Waals surface area contributed by atoms with E-state index in [1.54, 1.807) is 0 Å². The first-order valence-corrected chi connectivity index (χ1v) is 41.5. The highest BCUT2D eigenvalue weighted by molar-refractivity contribution is 7.47. The molecule has 0 radical (unpaired) electrons. The van der Waals surface area contributed by atoms with Crippen LogP contribution in [0, 0.1) is 11.8 Å². The number of phosphoric acid groups is 2. The van der Waals surface area contributed by atoms with E-state index in [0.29, 0.717) is 31.6 Å². The number of carbonyl (C=O) groups is 4. The standard InChI is InChI=1S/C74H144O17P2/c1-7-9-11-13-15-17-19-20-21-22-23-24-25-26-27-28-29-30-34-39-47-53-59-74(79)90-69(62-84-71(76)56-50-44-37-35-31-32-36-42-48-54-66(3)4)64-88-92(80,81)86-60-68(75)61-87-93(82,83)89-65-70(63-85-72(77)57-51-45-41-40-43-49-55-67(5)6)91-73(78)58-52-46-38-33-18-16-14-12-10-8-2/h66-70,75H,7-65H2,1-6H3,(H,80,81)(H,82,83)/t68-,69-,70-/m1/s1. The van der Waals surface area contributed by atoms with Gasteiger partial charge in [0, 0.05) is 25.7 Å². The zero-order valence-electron chi connectivity index (χ0n) is 60.6. The third kappa shape index (κ3) is 68.4. The van der Waals surface area contributed by atoms with Gasteiger partial charge in [-0.3, -0.25) is 37.3 Å². The highest BCUT2D eigenvalue weighted by atomic mass is 31.2. The minimum atomic E-state index is -4.95. The van der Waals surface area contributed by atoms with Crippen LogP contribution in [0.2, 0.25) is 0 Å². The summed E-state index contributed by atoms with van der Waals surface area (Å²) in [5.41, 5.74) is 0. The number of hydrogen-bond acceptors (Lipinski definition) is 15. The maximum Gasteiger partial charge on any atom is 0.472 e. The van der Waals surface area contributed by atoms with Crippen molar-refractivity contribution in [3.05, 3.63) is 0 Å². The van der Waals surface area contributed by atoms with Crippen LogP contribution in [0.1, 0.15) is 382 Å². The fourth-order valence-corrected chi connectivity index (χ4v) is 12.9. The molecule has 0 aliphatic heterocycles. The molecule has 5 atom stereocenters. The summed E-state index contributed by atoms with van der Waals surface area (Å²) in [5, 5.41) is 10.6. The lowest BCUT2D eigenvalue weighted by Gasteiger charge is -2.21. The van der Waals surface area contributed by atoms with Gasteiger partial charge in [0.1, 0.15) is 19.3 Å². The molecule has 0 fully saturated rings. The zero-order valence-corrected chi connectivity index (χ0v) is 62.3. The summed E-state index contributed by atoms with van der Waals surface area (Å²) in [6.45, 7) is 9.46. The van der Waals surface area contributed by atoms with Crippen LogP contribution in [0.15, 0.2) is 0 Å². The van der Waals surface area contributed by atoms with E-state index in [-0.39, 0.29) is 25.7 Å². The van der Waals surface area contributed by atoms with Gasteiger partial charge in [0.25, 0.3) is 0 Å². The topological polar surface area (TPSA) is 237 Å². The molecule has 19 heteroatoms. The fraction of sp³-hybridized carbons (Fsp3) is 0.946. The highest BCUT2D eigenvalue weighted by Crippen LogP contribution is 2.45. The van der Waals surface area contributed by atoms with Crippen LogP contribution in [0.3, 0.4) is 0 Å². The van der Waals surface area contributed by atoms with Crippen molar-refractivity contribution in [3.8, 4) is 0 Å². The van der Waals surface area contributed by atoms with Crippen LogP contribution in [0.25, 0.3) is 0 Å². The molecule has 0 rings (SSSR count). The molecule has 0 amide bonds. The monoisotopic (exact) mass is 1370 g/mol. The number of aliphatic hydroxyl groups excluding tert-OH is 1. The predicted molar refractivity (Wildman–Crippen MR) is 377 cm³/mol. The second kappa shape index (κ2) is 66.0. The van der Waals surface area contributed by atoms with Crippen molar-refractivity contribution >= 4 is 39.5 Å². The second-order valence-electron chi connectivity index (χ2n) is 27.6. The molecule has 0 aromatic carbocycles. The Labute approximate surface area is 568 Å². The maximum atomic E-state index is 13.1. The minimum Gasteiger partial charge on any atom is -0.462 e. The van der Waals surface area contributed by atoms with Crippen LogP contribution in [0.4, 0.5) is 0 Å². The fourth-order valence-electron chi connectivity index (χ4n) is 11.3. The molecule has 0 bridgehead atoms. The normalized spacial score (nSPS) is 14.1. The van der Waals surface area contributed by atoms with Crippen LogP contribution >= 0.6 is 15.6 Å². The number of unbranched alkanes of at least 4 members (excludes halogenated alkanes) is 43. The third-order valence-corrected chi connectivity index (χ3v) is 19.1. The summed E-state index contributed by atoms with van der Waals surface area (Å²) < 4.78 is 68.3. The van der Waals surface area contributed by atoms with Gasteiger partial charge in [-0.15, -0.1) is 0 Å². The van der Waals surface area contributed by atoms with Crippen LogP contribution in [0.5, 0.6) is 0 Å². The average molecular weight is 1370 g/mol. The Hall–Kier alpha value is -1.94. The molecule has 0 spiro atoms. The first-order valence-electron chi connectivity index (χ1n) is 38.5. The largest absolute Gasteiger partial charge is 0.472 e. The Kier molecular flexibility index (Phi) is 64.6. The number of carbonyl (C=O) groups excluding carboxylic acids is 4. The Balaban J connectivity index is 5.15. The molecule has 0 saturated heterocycles. The third-order valence-electron chi connectivity index (χ3n) is 17.2. The van der Waals surface area contributed by atoms with Gasteiger partial charge in [0.2, 0.25) is 0 Å². The van der Waals surface area contributed by atoms with E-state index in [0.717, 1.165) is 102 Å². The van der Waals surface area contributed by atoms with Crippen molar-refractivity contribution in [2.24, 2.45) is 11.8 Å². The summed E-state index contributed by atoms with van der Waals surface area (Å²) >= 11 is 0. The summed E-state index contributed by atoms with van der Waals surface area (Å²) in [5.74, 6) is -0.700. The SMILES string of the molecule is CCCCCCCCCCCCCCCCCCCCCCCCC(=O)O[C@H](COC(=O)CCCCCCCCCCCC(C)C)COP(=O)(O)OC[C@@H](O)COP(=O)(O)OC[C@@H](COC(=O)CCCCCCCCC(C)C)OC(=O)CCCCCCCCCCCC. The lowest BCUT2D eigenvalue weighted by molar-refractivity contribution is -0.161. The average Bonchev–Trinajstić information content (AvgIpc) is 2.08. The number of aliphatic hydroxyl groups is 1. The van der Waals surface area contributed by atoms with Crippen molar-refractivity contribution in [1.82, 2.24) is 0 Å². The molecule has 0 saturated carbocycles. The molecule has 17 nitrogen and oxygen atoms in total. The molecule has 0 aromatic heterocycles. The molecule has 2 unspecified atom stereocenters. The predicted octanol–water partition coefficient (Wildman–Crippen LogP) is 21.6. The van der Waals surface area contributed by atoms with Crippen LogP contribution < -0.4 is 0 Å². The smallest absolute Gasteiger partial charge is 0.462 e. The molecule has 0 aliphatic rings. The molecule has 0 aliphatic carbocycles. The first kappa shape index (κ1) is 91.1. The summed E-state index contributed by atoms with van der Waals surface area (Å²) in [6, 6.07) is 0. The number of ether oxygens (including phenoxy) is 4. The van der Waals surface area contributed by atoms with E-state index >= 15 is 0 Å². The number of hydrogen-bond donors (Lipinski definition) is 3. The van der Waals surface area contributed by atoms with Crippen molar-refractivity contribution < 1.29 is 80.2 Å². The summed E-state index contributed by atoms with van der Waals surface area (Å²) in [7, 11) is -9.90. The van der Waals surface area contributed by atoms with Crippen molar-refractivity contribution in [2.75, 3.05) is 39.6 Å². The molecule has 552 valence electrons. The molecule has 3 N–H and O–H groups in total. The van der Waals surface area contributed by atoms with E-state index in [4.69, 9.17) is 37.0 Å². The molecule has 93 heavy (non-hydrogen) atoms. The van der Waals surface area contributed by atoms with E-state index < -0.39 is 97.5 Å². The molecule has 0 heterocycles. The lowest BCUT2D eigenvalue weighted by atomic mass is 10.0. The van der Waals surface area contributed by atoms with Gasteiger partial charge >= 0.3 is 39.5 Å². The molecule has 0 aromatic rings. The van der Waals surface area contributed by atoms with Gasteiger partial charge < -0.3 is 33.8 Å². The summed E-state index contributed by atoms with van der Waals surface area (Å²) in [6.07, 6.45) is 53.1. The summed E-state index contributed by atoms with van der Waals surface area (Å²) in [4.78, 5) is 72.6. The maximum absolute atomic E-state index is 13.1. The van der Waals surface area contributed by atoms with Crippen molar-refractivity contribution in [1.29, 1.82) is 0 Å². The number of rotatable bonds is 73. The Morgan fingerprint density at radius 2 is 0.495 bits per heavy atom. The number of esters is 4. The van der Waals surface area contributed by atoms with Crippen LogP contribution in [-0.2, 0) is 65.4 Å². The van der Waals surface area contributed by atoms with Crippen LogP contribution in [-0.4, -0.2) is 96.7 Å². The highest BCUT2D eigenvalue weighted by Gasteiger charge is 2.30. The Morgan fingerprint density at radius 3 is 0.731 bits per heavy atom. The quantitative estimate of drug-likeness (QED) is 0.0222. The van der Waals surface area contributed by atoms with E-state index in [1.807, 2.05) is 0 Å². The van der Waals surface area contributed by atoms with Gasteiger partial charge in [-0.2, -0.15) is 0 Å². The van der Waals surface area contributed by atoms with Crippen molar-refractivity contribution in [3.63, 3.8) is 0 Å². The lowest BCUT2D eigenvalue weighted by Crippen LogP contribution is -2.30. The second-order valence-corrected chi connectivity index (χ2v) is 30.5. The minimum absolute atomic E-state index is 0.105. The van der Waals surface area contributed by atoms with Crippen molar-refractivity contribution in [2.45, 2.75) is 400 Å².